The summed E-state index contributed by atoms with van der Waals surface area (Å²) in [6, 6.07) is 8.75. The molecule has 3 aromatic heterocycles. The molecule has 0 saturated carbocycles. The molecule has 3 N–H and O–H groups in total. The van der Waals surface area contributed by atoms with Crippen molar-refractivity contribution in [2.24, 2.45) is 4.99 Å². The predicted molar refractivity (Wildman–Crippen MR) is 132 cm³/mol. The Balaban J connectivity index is 0.00000272. The number of rotatable bonds is 7. The number of pyridine rings is 1. The summed E-state index contributed by atoms with van der Waals surface area (Å²) in [7, 11) is 0. The zero-order valence-corrected chi connectivity index (χ0v) is 19.5. The molecule has 9 heteroatoms. The van der Waals surface area contributed by atoms with Crippen molar-refractivity contribution in [3.63, 3.8) is 0 Å². The summed E-state index contributed by atoms with van der Waals surface area (Å²) in [4.78, 5) is 16.3. The van der Waals surface area contributed by atoms with Crippen molar-refractivity contribution >= 4 is 40.8 Å². The van der Waals surface area contributed by atoms with Gasteiger partial charge in [-0.05, 0) is 54.8 Å². The van der Waals surface area contributed by atoms with E-state index in [1.54, 1.807) is 30.9 Å². The van der Waals surface area contributed by atoms with Crippen molar-refractivity contribution in [2.45, 2.75) is 19.9 Å². The molecule has 0 aliphatic rings. The molecule has 0 saturated heterocycles. The van der Waals surface area contributed by atoms with Gasteiger partial charge in [0.15, 0.2) is 5.96 Å². The van der Waals surface area contributed by atoms with Gasteiger partial charge >= 0.3 is 0 Å². The second-order valence-electron chi connectivity index (χ2n) is 6.87. The highest BCUT2D eigenvalue weighted by Gasteiger charge is 2.06. The maximum Gasteiger partial charge on any atom is 0.191 e. The van der Waals surface area contributed by atoms with Crippen LogP contribution in [0.2, 0.25) is 0 Å². The number of benzene rings is 1. The minimum atomic E-state index is -0.223. The number of nitrogens with zero attached hydrogens (tertiary/aromatic N) is 4. The second kappa shape index (κ2) is 10.9. The third kappa shape index (κ3) is 5.81. The highest BCUT2D eigenvalue weighted by atomic mass is 127. The Hall–Kier alpha value is -2.95. The Bertz CT molecular complexity index is 1140. The second-order valence-corrected chi connectivity index (χ2v) is 6.87. The van der Waals surface area contributed by atoms with Crippen LogP contribution in [0.5, 0.6) is 0 Å². The zero-order valence-electron chi connectivity index (χ0n) is 17.2. The average molecular weight is 533 g/mol. The standard InChI is InChI=1S/C22H24FN7.HI/c1-2-25-22(27-8-6-17-14-28-20-4-3-18(23)12-19(17)20)29-13-16-5-7-26-21(11-16)30-10-9-24-15-30;/h3-5,7,9-12,14-15,28H,2,6,8,13H2,1H3,(H2,25,27,29);1H. The van der Waals surface area contributed by atoms with Crippen LogP contribution < -0.4 is 10.6 Å². The Morgan fingerprint density at radius 3 is 2.90 bits per heavy atom. The lowest BCUT2D eigenvalue weighted by Crippen LogP contribution is -2.38. The first-order valence-electron chi connectivity index (χ1n) is 9.94. The molecule has 0 fully saturated rings. The third-order valence-electron chi connectivity index (χ3n) is 4.76. The first kappa shape index (κ1) is 22.7. The van der Waals surface area contributed by atoms with Gasteiger partial charge in [-0.2, -0.15) is 0 Å². The van der Waals surface area contributed by atoms with Crippen LogP contribution >= 0.6 is 24.0 Å². The molecular formula is C22H25FIN7. The Morgan fingerprint density at radius 1 is 1.19 bits per heavy atom. The van der Waals surface area contributed by atoms with Crippen LogP contribution in [0.3, 0.4) is 0 Å². The van der Waals surface area contributed by atoms with E-state index >= 15 is 0 Å². The molecule has 0 aliphatic carbocycles. The van der Waals surface area contributed by atoms with Gasteiger partial charge in [-0.3, -0.25) is 4.57 Å². The zero-order chi connectivity index (χ0) is 20.8. The van der Waals surface area contributed by atoms with Gasteiger partial charge in [-0.15, -0.1) is 24.0 Å². The molecule has 0 amide bonds. The van der Waals surface area contributed by atoms with Crippen LogP contribution in [0.1, 0.15) is 18.1 Å². The molecule has 4 rings (SSSR count). The number of hydrogen-bond acceptors (Lipinski definition) is 3. The molecule has 0 aliphatic heterocycles. The monoisotopic (exact) mass is 533 g/mol. The molecule has 1 aromatic carbocycles. The van der Waals surface area contributed by atoms with Crippen LogP contribution in [0.25, 0.3) is 16.7 Å². The molecule has 0 bridgehead atoms. The summed E-state index contributed by atoms with van der Waals surface area (Å²) >= 11 is 0. The molecule has 0 radical (unpaired) electrons. The molecule has 0 atom stereocenters. The van der Waals surface area contributed by atoms with E-state index in [-0.39, 0.29) is 29.8 Å². The highest BCUT2D eigenvalue weighted by molar-refractivity contribution is 14.0. The van der Waals surface area contributed by atoms with E-state index in [9.17, 15) is 4.39 Å². The number of fused-ring (bicyclic) bond motifs is 1. The van der Waals surface area contributed by atoms with Crippen molar-refractivity contribution in [3.8, 4) is 5.82 Å². The lowest BCUT2D eigenvalue weighted by molar-refractivity contribution is 0.629. The van der Waals surface area contributed by atoms with Crippen LogP contribution in [-0.2, 0) is 13.0 Å². The fourth-order valence-electron chi connectivity index (χ4n) is 3.28. The lowest BCUT2D eigenvalue weighted by atomic mass is 10.1. The Labute approximate surface area is 197 Å². The smallest absolute Gasteiger partial charge is 0.191 e. The largest absolute Gasteiger partial charge is 0.361 e. The van der Waals surface area contributed by atoms with E-state index < -0.39 is 0 Å². The Kier molecular flexibility index (Phi) is 7.99. The predicted octanol–water partition coefficient (Wildman–Crippen LogP) is 3.80. The minimum absolute atomic E-state index is 0. The van der Waals surface area contributed by atoms with E-state index in [0.717, 1.165) is 46.8 Å². The highest BCUT2D eigenvalue weighted by Crippen LogP contribution is 2.19. The Morgan fingerprint density at radius 2 is 2.10 bits per heavy atom. The van der Waals surface area contributed by atoms with Gasteiger partial charge in [-0.1, -0.05) is 0 Å². The topological polar surface area (TPSA) is 82.9 Å². The molecular weight excluding hydrogens is 508 g/mol. The quantitative estimate of drug-likeness (QED) is 0.192. The summed E-state index contributed by atoms with van der Waals surface area (Å²) in [5.41, 5.74) is 3.07. The summed E-state index contributed by atoms with van der Waals surface area (Å²) < 4.78 is 15.4. The molecule has 3 heterocycles. The number of H-pyrrole nitrogens is 1. The fourth-order valence-corrected chi connectivity index (χ4v) is 3.28. The average Bonchev–Trinajstić information content (AvgIpc) is 3.43. The number of aromatic amines is 1. The molecule has 162 valence electrons. The van der Waals surface area contributed by atoms with E-state index in [4.69, 9.17) is 0 Å². The summed E-state index contributed by atoms with van der Waals surface area (Å²) in [5.74, 6) is 1.33. The van der Waals surface area contributed by atoms with Crippen molar-refractivity contribution in [1.29, 1.82) is 0 Å². The summed E-state index contributed by atoms with van der Waals surface area (Å²) in [6.45, 7) is 4.01. The van der Waals surface area contributed by atoms with Crippen molar-refractivity contribution in [2.75, 3.05) is 13.1 Å². The lowest BCUT2D eigenvalue weighted by Gasteiger charge is -2.11. The van der Waals surface area contributed by atoms with Crippen LogP contribution in [0.4, 0.5) is 4.39 Å². The normalized spacial score (nSPS) is 11.4. The summed E-state index contributed by atoms with van der Waals surface area (Å²) in [5, 5.41) is 7.53. The van der Waals surface area contributed by atoms with E-state index in [0.29, 0.717) is 13.1 Å². The molecule has 4 aromatic rings. The van der Waals surface area contributed by atoms with E-state index in [1.165, 1.54) is 6.07 Å². The van der Waals surface area contributed by atoms with Gasteiger partial charge in [0.05, 0.1) is 6.54 Å². The van der Waals surface area contributed by atoms with Gasteiger partial charge in [-0.25, -0.2) is 19.4 Å². The van der Waals surface area contributed by atoms with Crippen molar-refractivity contribution in [3.05, 3.63) is 78.4 Å². The first-order valence-corrected chi connectivity index (χ1v) is 9.94. The van der Waals surface area contributed by atoms with Gasteiger partial charge in [0.25, 0.3) is 0 Å². The van der Waals surface area contributed by atoms with Crippen LogP contribution in [0, 0.1) is 5.82 Å². The van der Waals surface area contributed by atoms with E-state index in [2.05, 4.69) is 30.6 Å². The first-order chi connectivity index (χ1) is 14.7. The van der Waals surface area contributed by atoms with Gasteiger partial charge < -0.3 is 15.6 Å². The number of nitrogens with one attached hydrogen (secondary N) is 3. The molecule has 31 heavy (non-hydrogen) atoms. The van der Waals surface area contributed by atoms with Crippen molar-refractivity contribution < 1.29 is 4.39 Å². The fraction of sp³-hybridized carbons (Fsp3) is 0.227. The maximum absolute atomic E-state index is 13.6. The number of imidazole rings is 1. The van der Waals surface area contributed by atoms with Crippen LogP contribution in [-0.4, -0.2) is 38.6 Å². The van der Waals surface area contributed by atoms with E-state index in [1.807, 2.05) is 36.0 Å². The third-order valence-corrected chi connectivity index (χ3v) is 4.76. The maximum atomic E-state index is 13.6. The minimum Gasteiger partial charge on any atom is -0.361 e. The van der Waals surface area contributed by atoms with Gasteiger partial charge in [0, 0.05) is 48.8 Å². The van der Waals surface area contributed by atoms with Crippen molar-refractivity contribution in [1.82, 2.24) is 30.2 Å². The number of hydrogen-bond donors (Lipinski definition) is 3. The number of guanidine groups is 1. The molecule has 0 spiro atoms. The molecule has 7 nitrogen and oxygen atoms in total. The van der Waals surface area contributed by atoms with Gasteiger partial charge in [0.2, 0.25) is 0 Å². The number of halogens is 2. The number of aromatic nitrogens is 4. The number of aliphatic imine (C=N–C) groups is 1. The van der Waals surface area contributed by atoms with Gasteiger partial charge in [0.1, 0.15) is 18.0 Å². The summed E-state index contributed by atoms with van der Waals surface area (Å²) in [6.07, 6.45) is 9.77. The van der Waals surface area contributed by atoms with Crippen LogP contribution in [0.15, 0.2) is 66.4 Å². The SMILES string of the molecule is CCNC(=NCc1ccnc(-n2ccnc2)c1)NCCc1c[nH]c2ccc(F)cc12.I. The molecule has 0 unspecified atom stereocenters.